The highest BCUT2D eigenvalue weighted by atomic mass is 32.2. The molecule has 0 N–H and O–H groups in total. The van der Waals surface area contributed by atoms with Crippen LogP contribution in [0, 0.1) is 11.8 Å². The smallest absolute Gasteiger partial charge is 0.158 e. The zero-order chi connectivity index (χ0) is 10.4. The molecule has 0 bridgehead atoms. The number of ketones is 1. The maximum absolute atomic E-state index is 11.8. The van der Waals surface area contributed by atoms with Gasteiger partial charge in [0.15, 0.2) is 5.78 Å². The molecule has 0 aliphatic carbocycles. The first-order valence-corrected chi connectivity index (χ1v) is 7.04. The Labute approximate surface area is 94.8 Å². The van der Waals surface area contributed by atoms with Gasteiger partial charge in [-0.15, -0.1) is 17.7 Å². The van der Waals surface area contributed by atoms with E-state index in [1.165, 1.54) is 5.75 Å². The lowest BCUT2D eigenvalue weighted by Crippen LogP contribution is -2.32. The molecule has 78 valence electrons. The van der Waals surface area contributed by atoms with Crippen LogP contribution in [0.15, 0.2) is 0 Å². The molecule has 0 spiro atoms. The minimum absolute atomic E-state index is 0.194. The molecule has 2 atom stereocenters. The van der Waals surface area contributed by atoms with Gasteiger partial charge in [-0.05, 0) is 13.3 Å². The van der Waals surface area contributed by atoms with Crippen molar-refractivity contribution in [1.82, 2.24) is 0 Å². The molecule has 0 amide bonds. The number of rotatable bonds is 3. The van der Waals surface area contributed by atoms with Gasteiger partial charge in [0.05, 0.1) is 11.7 Å². The molecular weight excluding hydrogens is 212 g/mol. The Bertz CT molecular complexity index is 252. The molecule has 0 aromatic carbocycles. The van der Waals surface area contributed by atoms with E-state index < -0.39 is 0 Å². The van der Waals surface area contributed by atoms with E-state index >= 15 is 0 Å². The van der Waals surface area contributed by atoms with E-state index in [-0.39, 0.29) is 5.25 Å². The molecule has 1 rings (SSSR count). The molecule has 1 nitrogen and oxygen atoms in total. The maximum atomic E-state index is 11.8. The number of thioether (sulfide) groups is 2. The molecule has 3 heteroatoms. The lowest BCUT2D eigenvalue weighted by molar-refractivity contribution is -0.117. The fourth-order valence-corrected chi connectivity index (χ4v) is 4.51. The van der Waals surface area contributed by atoms with Gasteiger partial charge in [0, 0.05) is 16.8 Å². The van der Waals surface area contributed by atoms with Crippen LogP contribution >= 0.6 is 23.5 Å². The topological polar surface area (TPSA) is 17.1 Å². The molecule has 2 unspecified atom stereocenters. The van der Waals surface area contributed by atoms with E-state index in [9.17, 15) is 4.79 Å². The summed E-state index contributed by atoms with van der Waals surface area (Å²) in [7, 11) is 0. The van der Waals surface area contributed by atoms with Gasteiger partial charge in [-0.3, -0.25) is 4.79 Å². The van der Waals surface area contributed by atoms with Crippen molar-refractivity contribution in [3.05, 3.63) is 0 Å². The van der Waals surface area contributed by atoms with Crippen LogP contribution in [0.4, 0.5) is 0 Å². The number of hydrogen-bond donors (Lipinski definition) is 0. The summed E-state index contributed by atoms with van der Waals surface area (Å²) in [5, 5.41) is 0.708. The quantitative estimate of drug-likeness (QED) is 0.691. The highest BCUT2D eigenvalue weighted by molar-refractivity contribution is 8.07. The summed E-state index contributed by atoms with van der Waals surface area (Å²) in [4.78, 5) is 11.8. The summed E-state index contributed by atoms with van der Waals surface area (Å²) in [6.45, 7) is 3.95. The largest absolute Gasteiger partial charge is 0.297 e. The first-order chi connectivity index (χ1) is 6.79. The molecule has 14 heavy (non-hydrogen) atoms. The third-order valence-electron chi connectivity index (χ3n) is 2.21. The van der Waals surface area contributed by atoms with E-state index in [0.717, 1.165) is 12.2 Å². The van der Waals surface area contributed by atoms with E-state index in [1.54, 1.807) is 6.92 Å². The fourth-order valence-electron chi connectivity index (χ4n) is 1.48. The van der Waals surface area contributed by atoms with Crippen molar-refractivity contribution >= 4 is 29.3 Å². The molecule has 1 saturated heterocycles. The Kier molecular flexibility index (Phi) is 5.50. The van der Waals surface area contributed by atoms with Gasteiger partial charge in [0.25, 0.3) is 0 Å². The first-order valence-electron chi connectivity index (χ1n) is 4.95. The third-order valence-corrected chi connectivity index (χ3v) is 5.50. The second-order valence-electron chi connectivity index (χ2n) is 3.18. The van der Waals surface area contributed by atoms with Crippen LogP contribution in [0.2, 0.25) is 0 Å². The molecule has 1 heterocycles. The van der Waals surface area contributed by atoms with Crippen LogP contribution in [0.25, 0.3) is 0 Å². The van der Waals surface area contributed by atoms with Crippen molar-refractivity contribution in [1.29, 1.82) is 0 Å². The van der Waals surface area contributed by atoms with Crippen LogP contribution < -0.4 is 0 Å². The van der Waals surface area contributed by atoms with Gasteiger partial charge in [-0.2, -0.15) is 11.8 Å². The van der Waals surface area contributed by atoms with Crippen molar-refractivity contribution in [3.8, 4) is 11.8 Å². The Morgan fingerprint density at radius 1 is 1.43 bits per heavy atom. The standard InChI is InChI=1S/C11H16OS2/c1-3-5-6-9(12)11-10(4-2)13-7-8-14-11/h10-11H,4,6-8H2,1-2H3. The van der Waals surface area contributed by atoms with Crippen molar-refractivity contribution < 1.29 is 4.79 Å². The van der Waals surface area contributed by atoms with Gasteiger partial charge in [0.1, 0.15) is 0 Å². The third kappa shape index (κ3) is 3.25. The molecule has 0 radical (unpaired) electrons. The average Bonchev–Trinajstić information content (AvgIpc) is 2.25. The van der Waals surface area contributed by atoms with Crippen molar-refractivity contribution in [2.45, 2.75) is 37.2 Å². The zero-order valence-electron chi connectivity index (χ0n) is 8.71. The van der Waals surface area contributed by atoms with Crippen LogP contribution in [0.5, 0.6) is 0 Å². The minimum atomic E-state index is 0.194. The van der Waals surface area contributed by atoms with Crippen LogP contribution in [-0.4, -0.2) is 27.8 Å². The summed E-state index contributed by atoms with van der Waals surface area (Å²) >= 11 is 3.76. The highest BCUT2D eigenvalue weighted by Gasteiger charge is 2.29. The lowest BCUT2D eigenvalue weighted by atomic mass is 10.1. The monoisotopic (exact) mass is 228 g/mol. The SMILES string of the molecule is CC#CCC(=O)C1SCCSC1CC. The van der Waals surface area contributed by atoms with Crippen LogP contribution in [0.1, 0.15) is 26.7 Å². The van der Waals surface area contributed by atoms with Gasteiger partial charge >= 0.3 is 0 Å². The summed E-state index contributed by atoms with van der Waals surface area (Å²) in [5.74, 6) is 8.27. The average molecular weight is 228 g/mol. The van der Waals surface area contributed by atoms with Crippen LogP contribution in [-0.2, 0) is 4.79 Å². The Morgan fingerprint density at radius 3 is 2.79 bits per heavy atom. The summed E-state index contributed by atoms with van der Waals surface area (Å²) < 4.78 is 0. The minimum Gasteiger partial charge on any atom is -0.297 e. The lowest BCUT2D eigenvalue weighted by Gasteiger charge is -2.28. The van der Waals surface area contributed by atoms with E-state index in [4.69, 9.17) is 0 Å². The Balaban J connectivity index is 2.52. The molecule has 0 saturated carbocycles. The maximum Gasteiger partial charge on any atom is 0.158 e. The highest BCUT2D eigenvalue weighted by Crippen LogP contribution is 2.34. The molecular formula is C11H16OS2. The summed E-state index contributed by atoms with van der Waals surface area (Å²) in [6.07, 6.45) is 1.53. The van der Waals surface area contributed by atoms with Crippen molar-refractivity contribution in [2.75, 3.05) is 11.5 Å². The number of carbonyl (C=O) groups excluding carboxylic acids is 1. The molecule has 1 fully saturated rings. The van der Waals surface area contributed by atoms with Crippen molar-refractivity contribution in [3.63, 3.8) is 0 Å². The molecule has 0 aromatic heterocycles. The number of Topliss-reactive ketones (excluding diaryl/α,β-unsaturated/α-hetero) is 1. The van der Waals surface area contributed by atoms with Gasteiger partial charge < -0.3 is 0 Å². The normalized spacial score (nSPS) is 26.4. The number of hydrogen-bond acceptors (Lipinski definition) is 3. The second-order valence-corrected chi connectivity index (χ2v) is 5.78. The van der Waals surface area contributed by atoms with E-state index in [2.05, 4.69) is 18.8 Å². The summed E-state index contributed by atoms with van der Waals surface area (Å²) in [6, 6.07) is 0. The molecule has 1 aliphatic rings. The predicted octanol–water partition coefficient (Wildman–Crippen LogP) is 2.60. The fraction of sp³-hybridized carbons (Fsp3) is 0.727. The zero-order valence-corrected chi connectivity index (χ0v) is 10.3. The Morgan fingerprint density at radius 2 is 2.14 bits per heavy atom. The van der Waals surface area contributed by atoms with Crippen molar-refractivity contribution in [2.24, 2.45) is 0 Å². The summed E-state index contributed by atoms with van der Waals surface area (Å²) in [5.41, 5.74) is 0. The molecule has 1 aliphatic heterocycles. The van der Waals surface area contributed by atoms with Gasteiger partial charge in [-0.1, -0.05) is 12.8 Å². The number of carbonyl (C=O) groups is 1. The van der Waals surface area contributed by atoms with E-state index in [1.807, 2.05) is 23.5 Å². The van der Waals surface area contributed by atoms with Gasteiger partial charge in [0.2, 0.25) is 0 Å². The Hall–Kier alpha value is -0.0700. The second kappa shape index (κ2) is 6.42. The predicted molar refractivity (Wildman–Crippen MR) is 65.9 cm³/mol. The van der Waals surface area contributed by atoms with Crippen LogP contribution in [0.3, 0.4) is 0 Å². The van der Waals surface area contributed by atoms with E-state index in [0.29, 0.717) is 17.5 Å². The first kappa shape index (κ1) is 12.0. The van der Waals surface area contributed by atoms with Gasteiger partial charge in [-0.25, -0.2) is 0 Å². The molecule has 0 aromatic rings.